The van der Waals surface area contributed by atoms with Gasteiger partial charge >= 0.3 is 0 Å². The number of aliphatic hydroxyl groups is 2. The highest BCUT2D eigenvalue weighted by Crippen LogP contribution is 2.15. The van der Waals surface area contributed by atoms with Crippen molar-refractivity contribution in [3.05, 3.63) is 24.3 Å². The van der Waals surface area contributed by atoms with E-state index in [2.05, 4.69) is 5.32 Å². The fraction of sp³-hybridized carbons (Fsp3) is 0.500. The van der Waals surface area contributed by atoms with Crippen LogP contribution in [0.15, 0.2) is 24.3 Å². The third-order valence-corrected chi connectivity index (χ3v) is 2.16. The summed E-state index contributed by atoms with van der Waals surface area (Å²) < 4.78 is 10.3. The first-order valence-corrected chi connectivity index (χ1v) is 5.51. The first kappa shape index (κ1) is 13.8. The van der Waals surface area contributed by atoms with Gasteiger partial charge in [-0.25, -0.2) is 0 Å². The summed E-state index contributed by atoms with van der Waals surface area (Å²) in [6.45, 7) is 1.15. The molecular weight excluding hydrogens is 222 g/mol. The minimum atomic E-state index is -0.743. The van der Waals surface area contributed by atoms with Gasteiger partial charge in [-0.1, -0.05) is 0 Å². The SMILES string of the molecule is COCCOc1ccc(NCC(O)CO)cc1. The molecule has 1 atom stereocenters. The number of ether oxygens (including phenoxy) is 2. The van der Waals surface area contributed by atoms with Crippen LogP contribution in [0.5, 0.6) is 5.75 Å². The van der Waals surface area contributed by atoms with E-state index < -0.39 is 6.10 Å². The number of nitrogens with one attached hydrogen (secondary N) is 1. The van der Waals surface area contributed by atoms with Crippen molar-refractivity contribution in [3.63, 3.8) is 0 Å². The number of aliphatic hydroxyl groups excluding tert-OH is 2. The molecule has 3 N–H and O–H groups in total. The minimum absolute atomic E-state index is 0.245. The maximum Gasteiger partial charge on any atom is 0.119 e. The Labute approximate surface area is 101 Å². The van der Waals surface area contributed by atoms with E-state index in [4.69, 9.17) is 19.7 Å². The molecule has 0 heterocycles. The molecule has 1 rings (SSSR count). The Bertz CT molecular complexity index is 302. The van der Waals surface area contributed by atoms with E-state index >= 15 is 0 Å². The predicted molar refractivity (Wildman–Crippen MR) is 65.4 cm³/mol. The van der Waals surface area contributed by atoms with Gasteiger partial charge in [0.15, 0.2) is 0 Å². The fourth-order valence-electron chi connectivity index (χ4n) is 1.21. The third kappa shape index (κ3) is 5.53. The molecule has 0 aromatic heterocycles. The highest BCUT2D eigenvalue weighted by atomic mass is 16.5. The Morgan fingerprint density at radius 2 is 1.94 bits per heavy atom. The van der Waals surface area contributed by atoms with Gasteiger partial charge < -0.3 is 25.0 Å². The zero-order valence-electron chi connectivity index (χ0n) is 9.93. The van der Waals surface area contributed by atoms with Gasteiger partial charge in [-0.15, -0.1) is 0 Å². The van der Waals surface area contributed by atoms with Gasteiger partial charge in [0, 0.05) is 19.3 Å². The smallest absolute Gasteiger partial charge is 0.119 e. The van der Waals surface area contributed by atoms with Gasteiger partial charge in [-0.3, -0.25) is 0 Å². The first-order chi connectivity index (χ1) is 8.26. The van der Waals surface area contributed by atoms with E-state index in [1.165, 1.54) is 0 Å². The normalized spacial score (nSPS) is 12.2. The summed E-state index contributed by atoms with van der Waals surface area (Å²) >= 11 is 0. The van der Waals surface area contributed by atoms with Crippen molar-refractivity contribution in [2.24, 2.45) is 0 Å². The third-order valence-electron chi connectivity index (χ3n) is 2.16. The van der Waals surface area contributed by atoms with Crippen molar-refractivity contribution >= 4 is 5.69 Å². The van der Waals surface area contributed by atoms with Crippen LogP contribution in [0, 0.1) is 0 Å². The highest BCUT2D eigenvalue weighted by Gasteiger charge is 2.01. The molecule has 1 aromatic rings. The van der Waals surface area contributed by atoms with Gasteiger partial charge in [0.1, 0.15) is 12.4 Å². The van der Waals surface area contributed by atoms with Gasteiger partial charge in [-0.05, 0) is 24.3 Å². The molecule has 0 bridgehead atoms. The van der Waals surface area contributed by atoms with Crippen LogP contribution in [0.1, 0.15) is 0 Å². The lowest BCUT2D eigenvalue weighted by molar-refractivity contribution is 0.105. The Kier molecular flexibility index (Phi) is 6.39. The van der Waals surface area contributed by atoms with E-state index in [-0.39, 0.29) is 6.61 Å². The number of anilines is 1. The molecule has 96 valence electrons. The van der Waals surface area contributed by atoms with Crippen molar-refractivity contribution in [2.45, 2.75) is 6.10 Å². The number of benzene rings is 1. The monoisotopic (exact) mass is 241 g/mol. The lowest BCUT2D eigenvalue weighted by atomic mass is 10.3. The van der Waals surface area contributed by atoms with Crippen molar-refractivity contribution < 1.29 is 19.7 Å². The molecule has 0 aliphatic carbocycles. The summed E-state index contributed by atoms with van der Waals surface area (Å²) in [5.74, 6) is 0.773. The van der Waals surface area contributed by atoms with Crippen LogP contribution >= 0.6 is 0 Å². The summed E-state index contributed by atoms with van der Waals surface area (Å²) in [5, 5.41) is 20.8. The molecule has 0 aliphatic rings. The molecule has 0 saturated heterocycles. The first-order valence-electron chi connectivity index (χ1n) is 5.51. The Morgan fingerprint density at radius 1 is 1.24 bits per heavy atom. The van der Waals surface area contributed by atoms with Gasteiger partial charge in [0.05, 0.1) is 19.3 Å². The molecule has 5 nitrogen and oxygen atoms in total. The molecule has 1 unspecified atom stereocenters. The summed E-state index contributed by atoms with van der Waals surface area (Å²) in [7, 11) is 1.63. The number of hydrogen-bond donors (Lipinski definition) is 3. The van der Waals surface area contributed by atoms with Crippen LogP contribution in [0.4, 0.5) is 5.69 Å². The molecular formula is C12H19NO4. The predicted octanol–water partition coefficient (Wildman–Crippen LogP) is 0.477. The standard InChI is InChI=1S/C12H19NO4/c1-16-6-7-17-12-4-2-10(3-5-12)13-8-11(15)9-14/h2-5,11,13-15H,6-9H2,1H3. The second-order valence-electron chi connectivity index (χ2n) is 3.58. The minimum Gasteiger partial charge on any atom is -0.491 e. The summed E-state index contributed by atoms with van der Waals surface area (Å²) in [6, 6.07) is 7.38. The second kappa shape index (κ2) is 7.89. The highest BCUT2D eigenvalue weighted by molar-refractivity contribution is 5.46. The molecule has 1 aromatic carbocycles. The molecule has 0 saturated carbocycles. The van der Waals surface area contributed by atoms with E-state index in [1.54, 1.807) is 7.11 Å². The van der Waals surface area contributed by atoms with Crippen LogP contribution < -0.4 is 10.1 Å². The zero-order valence-corrected chi connectivity index (χ0v) is 9.93. The van der Waals surface area contributed by atoms with Gasteiger partial charge in [0.25, 0.3) is 0 Å². The largest absolute Gasteiger partial charge is 0.491 e. The number of methoxy groups -OCH3 is 1. The molecule has 5 heteroatoms. The molecule has 0 spiro atoms. The number of hydrogen-bond acceptors (Lipinski definition) is 5. The fourth-order valence-corrected chi connectivity index (χ4v) is 1.21. The van der Waals surface area contributed by atoms with Crippen LogP contribution in [0.2, 0.25) is 0 Å². The summed E-state index contributed by atoms with van der Waals surface area (Å²) in [6.07, 6.45) is -0.743. The second-order valence-corrected chi connectivity index (χ2v) is 3.58. The molecule has 0 radical (unpaired) electrons. The van der Waals surface area contributed by atoms with Crippen LogP contribution in [0.3, 0.4) is 0 Å². The van der Waals surface area contributed by atoms with Crippen molar-refractivity contribution in [1.29, 1.82) is 0 Å². The van der Waals surface area contributed by atoms with Crippen molar-refractivity contribution in [3.8, 4) is 5.75 Å². The molecule has 17 heavy (non-hydrogen) atoms. The van der Waals surface area contributed by atoms with Crippen LogP contribution in [-0.4, -0.2) is 49.8 Å². The average Bonchev–Trinajstić information content (AvgIpc) is 2.37. The van der Waals surface area contributed by atoms with E-state index in [0.29, 0.717) is 19.8 Å². The number of rotatable bonds is 8. The van der Waals surface area contributed by atoms with Crippen LogP contribution in [-0.2, 0) is 4.74 Å². The lowest BCUT2D eigenvalue weighted by Gasteiger charge is -2.11. The van der Waals surface area contributed by atoms with Gasteiger partial charge in [0.2, 0.25) is 0 Å². The van der Waals surface area contributed by atoms with E-state index in [0.717, 1.165) is 11.4 Å². The maximum atomic E-state index is 9.17. The van der Waals surface area contributed by atoms with E-state index in [1.807, 2.05) is 24.3 Å². The summed E-state index contributed by atoms with van der Waals surface area (Å²) in [5.41, 5.74) is 0.872. The molecule has 0 fully saturated rings. The van der Waals surface area contributed by atoms with Crippen molar-refractivity contribution in [2.75, 3.05) is 38.8 Å². The average molecular weight is 241 g/mol. The Morgan fingerprint density at radius 3 is 2.53 bits per heavy atom. The van der Waals surface area contributed by atoms with Crippen molar-refractivity contribution in [1.82, 2.24) is 0 Å². The Balaban J connectivity index is 2.34. The van der Waals surface area contributed by atoms with E-state index in [9.17, 15) is 0 Å². The van der Waals surface area contributed by atoms with Crippen LogP contribution in [0.25, 0.3) is 0 Å². The topological polar surface area (TPSA) is 71.0 Å². The lowest BCUT2D eigenvalue weighted by Crippen LogP contribution is -2.22. The Hall–Kier alpha value is -1.30. The van der Waals surface area contributed by atoms with Gasteiger partial charge in [-0.2, -0.15) is 0 Å². The maximum absolute atomic E-state index is 9.17. The molecule has 0 amide bonds. The summed E-state index contributed by atoms with van der Waals surface area (Å²) in [4.78, 5) is 0. The quantitative estimate of drug-likeness (QED) is 0.577. The molecule has 0 aliphatic heterocycles. The zero-order chi connectivity index (χ0) is 12.5.